The highest BCUT2D eigenvalue weighted by molar-refractivity contribution is 6.06. The van der Waals surface area contributed by atoms with Gasteiger partial charge in [0.15, 0.2) is 5.78 Å². The van der Waals surface area contributed by atoms with E-state index in [9.17, 15) is 9.18 Å². The lowest BCUT2D eigenvalue weighted by Crippen LogP contribution is -2.01. The van der Waals surface area contributed by atoms with Crippen LogP contribution in [0.2, 0.25) is 0 Å². The van der Waals surface area contributed by atoms with Crippen LogP contribution in [0.3, 0.4) is 0 Å². The van der Waals surface area contributed by atoms with Crippen molar-refractivity contribution in [3.63, 3.8) is 0 Å². The van der Waals surface area contributed by atoms with Crippen molar-refractivity contribution in [2.75, 3.05) is 6.61 Å². The Labute approximate surface area is 171 Å². The van der Waals surface area contributed by atoms with Crippen LogP contribution in [0.5, 0.6) is 5.75 Å². The Bertz CT molecular complexity index is 998. The van der Waals surface area contributed by atoms with Gasteiger partial charge in [-0.3, -0.25) is 4.79 Å². The second kappa shape index (κ2) is 9.65. The van der Waals surface area contributed by atoms with E-state index >= 15 is 0 Å². The van der Waals surface area contributed by atoms with E-state index in [0.29, 0.717) is 12.2 Å². The number of halogens is 1. The van der Waals surface area contributed by atoms with Crippen LogP contribution in [0.1, 0.15) is 34.0 Å². The lowest BCUT2D eigenvalue weighted by Gasteiger charge is -2.07. The van der Waals surface area contributed by atoms with Crippen LogP contribution < -0.4 is 4.74 Å². The van der Waals surface area contributed by atoms with Crippen molar-refractivity contribution in [1.82, 2.24) is 0 Å². The summed E-state index contributed by atoms with van der Waals surface area (Å²) in [6, 6.07) is 21.4. The number of allylic oxidation sites excluding steroid dienone is 2. The maximum absolute atomic E-state index is 12.9. The van der Waals surface area contributed by atoms with Gasteiger partial charge in [-0.1, -0.05) is 54.6 Å². The molecular weight excluding hydrogens is 363 g/mol. The zero-order chi connectivity index (χ0) is 20.6. The van der Waals surface area contributed by atoms with Crippen LogP contribution in [0.25, 0.3) is 11.6 Å². The van der Waals surface area contributed by atoms with Gasteiger partial charge in [0.2, 0.25) is 0 Å². The fraction of sp³-hybridized carbons (Fsp3) is 0.115. The number of ketones is 1. The molecule has 146 valence electrons. The standard InChI is InChI=1S/C26H23FO2/c1-19(2)22-8-3-21(4-9-22)17-18-29-25-14-5-20(6-15-25)7-16-26(28)23-10-12-24(27)13-11-23/h3-16H,1,17-18H2,2H3/b16-7+. The van der Waals surface area contributed by atoms with Crippen LogP contribution in [0, 0.1) is 5.82 Å². The molecule has 0 spiro atoms. The molecule has 0 atom stereocenters. The molecule has 0 fully saturated rings. The fourth-order valence-electron chi connectivity index (χ4n) is 2.80. The molecule has 0 heterocycles. The van der Waals surface area contributed by atoms with E-state index in [1.807, 2.05) is 31.2 Å². The third-order valence-electron chi connectivity index (χ3n) is 4.54. The Morgan fingerprint density at radius 3 is 2.17 bits per heavy atom. The zero-order valence-corrected chi connectivity index (χ0v) is 16.4. The van der Waals surface area contributed by atoms with Gasteiger partial charge in [-0.05, 0) is 66.1 Å². The van der Waals surface area contributed by atoms with E-state index in [0.717, 1.165) is 28.9 Å². The minimum absolute atomic E-state index is 0.164. The Morgan fingerprint density at radius 1 is 0.931 bits per heavy atom. The van der Waals surface area contributed by atoms with E-state index in [1.54, 1.807) is 6.08 Å². The average Bonchev–Trinajstić information content (AvgIpc) is 2.74. The first kappa shape index (κ1) is 20.3. The van der Waals surface area contributed by atoms with E-state index in [-0.39, 0.29) is 11.6 Å². The molecule has 0 N–H and O–H groups in total. The van der Waals surface area contributed by atoms with Crippen molar-refractivity contribution in [3.8, 4) is 5.75 Å². The minimum Gasteiger partial charge on any atom is -0.493 e. The van der Waals surface area contributed by atoms with Crippen LogP contribution >= 0.6 is 0 Å². The molecule has 29 heavy (non-hydrogen) atoms. The molecule has 0 saturated heterocycles. The molecule has 0 amide bonds. The van der Waals surface area contributed by atoms with Crippen molar-refractivity contribution < 1.29 is 13.9 Å². The Balaban J connectivity index is 1.50. The summed E-state index contributed by atoms with van der Waals surface area (Å²) in [5.74, 6) is 0.263. The maximum Gasteiger partial charge on any atom is 0.185 e. The number of ether oxygens (including phenoxy) is 1. The van der Waals surface area contributed by atoms with Gasteiger partial charge in [-0.15, -0.1) is 0 Å². The van der Waals surface area contributed by atoms with Gasteiger partial charge < -0.3 is 4.74 Å². The van der Waals surface area contributed by atoms with Crippen molar-refractivity contribution >= 4 is 17.4 Å². The summed E-state index contributed by atoms with van der Waals surface area (Å²) in [5, 5.41) is 0. The van der Waals surface area contributed by atoms with Gasteiger partial charge in [-0.25, -0.2) is 4.39 Å². The third-order valence-corrected chi connectivity index (χ3v) is 4.54. The number of benzene rings is 3. The molecule has 3 heteroatoms. The molecule has 3 rings (SSSR count). The Kier molecular flexibility index (Phi) is 6.75. The summed E-state index contributed by atoms with van der Waals surface area (Å²) in [6.07, 6.45) is 4.04. The van der Waals surface area contributed by atoms with Gasteiger partial charge in [0.1, 0.15) is 11.6 Å². The summed E-state index contributed by atoms with van der Waals surface area (Å²) in [7, 11) is 0. The predicted molar refractivity (Wildman–Crippen MR) is 117 cm³/mol. The maximum atomic E-state index is 12.9. The Morgan fingerprint density at radius 2 is 1.55 bits per heavy atom. The number of rotatable bonds is 8. The van der Waals surface area contributed by atoms with Crippen molar-refractivity contribution in [2.24, 2.45) is 0 Å². The minimum atomic E-state index is -0.356. The summed E-state index contributed by atoms with van der Waals surface area (Å²) in [4.78, 5) is 12.1. The first-order chi connectivity index (χ1) is 14.0. The molecule has 0 aliphatic carbocycles. The van der Waals surface area contributed by atoms with Crippen LogP contribution in [-0.2, 0) is 6.42 Å². The van der Waals surface area contributed by atoms with Crippen molar-refractivity contribution in [1.29, 1.82) is 0 Å². The summed E-state index contributed by atoms with van der Waals surface area (Å²) >= 11 is 0. The number of carbonyl (C=O) groups excluding carboxylic acids is 1. The summed E-state index contributed by atoms with van der Waals surface area (Å²) in [5.41, 5.74) is 4.77. The van der Waals surface area contributed by atoms with Gasteiger partial charge in [-0.2, -0.15) is 0 Å². The molecule has 3 aromatic rings. The van der Waals surface area contributed by atoms with Crippen LogP contribution in [-0.4, -0.2) is 12.4 Å². The summed E-state index contributed by atoms with van der Waals surface area (Å²) < 4.78 is 18.7. The molecule has 0 radical (unpaired) electrons. The molecule has 3 aromatic carbocycles. The highest BCUT2D eigenvalue weighted by atomic mass is 19.1. The lowest BCUT2D eigenvalue weighted by atomic mass is 10.1. The Hall–Kier alpha value is -3.46. The zero-order valence-electron chi connectivity index (χ0n) is 16.4. The van der Waals surface area contributed by atoms with Crippen molar-refractivity contribution in [3.05, 3.63) is 114 Å². The molecule has 0 saturated carbocycles. The summed E-state index contributed by atoms with van der Waals surface area (Å²) in [6.45, 7) is 6.53. The van der Waals surface area contributed by atoms with Gasteiger partial charge >= 0.3 is 0 Å². The second-order valence-corrected chi connectivity index (χ2v) is 6.85. The highest BCUT2D eigenvalue weighted by Gasteiger charge is 2.02. The average molecular weight is 386 g/mol. The van der Waals surface area contributed by atoms with Gasteiger partial charge in [0.25, 0.3) is 0 Å². The molecule has 0 aliphatic rings. The number of carbonyl (C=O) groups is 1. The highest BCUT2D eigenvalue weighted by Crippen LogP contribution is 2.16. The smallest absolute Gasteiger partial charge is 0.185 e. The number of hydrogen-bond acceptors (Lipinski definition) is 2. The quantitative estimate of drug-likeness (QED) is 0.332. The molecule has 2 nitrogen and oxygen atoms in total. The second-order valence-electron chi connectivity index (χ2n) is 6.85. The van der Waals surface area contributed by atoms with E-state index in [1.165, 1.54) is 35.9 Å². The monoisotopic (exact) mass is 386 g/mol. The number of hydrogen-bond donors (Lipinski definition) is 0. The van der Waals surface area contributed by atoms with Crippen molar-refractivity contribution in [2.45, 2.75) is 13.3 Å². The molecule has 0 unspecified atom stereocenters. The van der Waals surface area contributed by atoms with Gasteiger partial charge in [0, 0.05) is 12.0 Å². The molecule has 0 aliphatic heterocycles. The SMILES string of the molecule is C=C(C)c1ccc(CCOc2ccc(/C=C/C(=O)c3ccc(F)cc3)cc2)cc1. The van der Waals surface area contributed by atoms with E-state index in [4.69, 9.17) is 4.74 Å². The first-order valence-electron chi connectivity index (χ1n) is 9.47. The van der Waals surface area contributed by atoms with Crippen LogP contribution in [0.15, 0.2) is 85.5 Å². The fourth-order valence-corrected chi connectivity index (χ4v) is 2.80. The molecule has 0 bridgehead atoms. The molecule has 0 aromatic heterocycles. The van der Waals surface area contributed by atoms with E-state index in [2.05, 4.69) is 30.8 Å². The normalized spacial score (nSPS) is 10.8. The third kappa shape index (κ3) is 6.01. The van der Waals surface area contributed by atoms with E-state index < -0.39 is 0 Å². The van der Waals surface area contributed by atoms with Gasteiger partial charge in [0.05, 0.1) is 6.61 Å². The van der Waals surface area contributed by atoms with Crippen LogP contribution in [0.4, 0.5) is 4.39 Å². The lowest BCUT2D eigenvalue weighted by molar-refractivity contribution is 0.104. The largest absolute Gasteiger partial charge is 0.493 e. The molecular formula is C26H23FO2. The first-order valence-corrected chi connectivity index (χ1v) is 9.47. The topological polar surface area (TPSA) is 26.3 Å². The predicted octanol–water partition coefficient (Wildman–Crippen LogP) is 6.38.